The van der Waals surface area contributed by atoms with Crippen LogP contribution in [0.3, 0.4) is 0 Å². The van der Waals surface area contributed by atoms with Gasteiger partial charge in [0.2, 0.25) is 0 Å². The molecule has 0 amide bonds. The summed E-state index contributed by atoms with van der Waals surface area (Å²) in [6, 6.07) is 5.67. The fourth-order valence-electron chi connectivity index (χ4n) is 1.92. The molecule has 3 N–H and O–H groups in total. The van der Waals surface area contributed by atoms with Gasteiger partial charge in [0.15, 0.2) is 0 Å². The van der Waals surface area contributed by atoms with E-state index >= 15 is 0 Å². The summed E-state index contributed by atoms with van der Waals surface area (Å²) >= 11 is 0. The quantitative estimate of drug-likeness (QED) is 0.786. The maximum absolute atomic E-state index is 5.88. The standard InChI is InChI=1S/C14H21N5O/c1-10(2)20-13-7-11(15)6-12(8-13)16-5-4-14-18-17-9-19(14)3/h6-10,16H,4-5,15H2,1-3H3. The van der Waals surface area contributed by atoms with Crippen LogP contribution < -0.4 is 15.8 Å². The summed E-state index contributed by atoms with van der Waals surface area (Å²) in [4.78, 5) is 0. The van der Waals surface area contributed by atoms with Gasteiger partial charge in [-0.1, -0.05) is 0 Å². The number of aryl methyl sites for hydroxylation is 1. The molecule has 0 spiro atoms. The first-order chi connectivity index (χ1) is 9.54. The highest BCUT2D eigenvalue weighted by Crippen LogP contribution is 2.23. The van der Waals surface area contributed by atoms with Crippen LogP contribution in [-0.4, -0.2) is 27.4 Å². The molecule has 6 heteroatoms. The van der Waals surface area contributed by atoms with Crippen molar-refractivity contribution >= 4 is 11.4 Å². The third-order valence-corrected chi connectivity index (χ3v) is 2.78. The summed E-state index contributed by atoms with van der Waals surface area (Å²) in [6.45, 7) is 4.74. The highest BCUT2D eigenvalue weighted by atomic mass is 16.5. The second-order valence-electron chi connectivity index (χ2n) is 4.99. The van der Waals surface area contributed by atoms with Crippen molar-refractivity contribution < 1.29 is 4.74 Å². The van der Waals surface area contributed by atoms with E-state index in [4.69, 9.17) is 10.5 Å². The minimum absolute atomic E-state index is 0.128. The Morgan fingerprint density at radius 2 is 2.15 bits per heavy atom. The summed E-state index contributed by atoms with van der Waals surface area (Å²) in [7, 11) is 1.93. The first-order valence-electron chi connectivity index (χ1n) is 6.68. The lowest BCUT2D eigenvalue weighted by atomic mass is 10.2. The number of nitrogen functional groups attached to an aromatic ring is 1. The molecule has 0 fully saturated rings. The zero-order valence-corrected chi connectivity index (χ0v) is 12.1. The second kappa shape index (κ2) is 6.27. The monoisotopic (exact) mass is 275 g/mol. The molecule has 0 unspecified atom stereocenters. The Labute approximate surface area is 119 Å². The van der Waals surface area contributed by atoms with Crippen LogP contribution in [0.25, 0.3) is 0 Å². The highest BCUT2D eigenvalue weighted by molar-refractivity contribution is 5.59. The molecular formula is C14H21N5O. The lowest BCUT2D eigenvalue weighted by Gasteiger charge is -2.13. The van der Waals surface area contributed by atoms with Gasteiger partial charge < -0.3 is 20.4 Å². The van der Waals surface area contributed by atoms with Crippen molar-refractivity contribution in [2.75, 3.05) is 17.6 Å². The molecule has 20 heavy (non-hydrogen) atoms. The van der Waals surface area contributed by atoms with E-state index in [9.17, 15) is 0 Å². The Morgan fingerprint density at radius 1 is 1.35 bits per heavy atom. The van der Waals surface area contributed by atoms with Gasteiger partial charge >= 0.3 is 0 Å². The number of rotatable bonds is 6. The second-order valence-corrected chi connectivity index (χ2v) is 4.99. The summed E-state index contributed by atoms with van der Waals surface area (Å²) in [5.74, 6) is 1.72. The van der Waals surface area contributed by atoms with Crippen molar-refractivity contribution in [3.8, 4) is 5.75 Å². The molecule has 0 saturated heterocycles. The molecule has 0 aliphatic carbocycles. The predicted octanol–water partition coefficient (Wildman–Crippen LogP) is 1.84. The number of nitrogens with one attached hydrogen (secondary N) is 1. The average Bonchev–Trinajstić information content (AvgIpc) is 2.73. The van der Waals surface area contributed by atoms with E-state index in [-0.39, 0.29) is 6.10 Å². The Morgan fingerprint density at radius 3 is 2.80 bits per heavy atom. The molecule has 1 aromatic heterocycles. The third-order valence-electron chi connectivity index (χ3n) is 2.78. The van der Waals surface area contributed by atoms with E-state index in [1.165, 1.54) is 0 Å². The van der Waals surface area contributed by atoms with Crippen LogP contribution in [0, 0.1) is 0 Å². The first kappa shape index (κ1) is 14.2. The predicted molar refractivity (Wildman–Crippen MR) is 79.8 cm³/mol. The van der Waals surface area contributed by atoms with Gasteiger partial charge in [-0.15, -0.1) is 10.2 Å². The molecule has 0 saturated carbocycles. The number of anilines is 2. The average molecular weight is 275 g/mol. The summed E-state index contributed by atoms with van der Waals surface area (Å²) in [5, 5.41) is 11.2. The van der Waals surface area contributed by atoms with Gasteiger partial charge in [0, 0.05) is 43.5 Å². The fourth-order valence-corrected chi connectivity index (χ4v) is 1.92. The Balaban J connectivity index is 1.95. The minimum Gasteiger partial charge on any atom is -0.491 e. The molecule has 0 radical (unpaired) electrons. The molecule has 6 nitrogen and oxygen atoms in total. The molecule has 0 aliphatic heterocycles. The van der Waals surface area contributed by atoms with E-state index in [2.05, 4.69) is 15.5 Å². The lowest BCUT2D eigenvalue weighted by Crippen LogP contribution is -2.10. The largest absolute Gasteiger partial charge is 0.491 e. The fraction of sp³-hybridized carbons (Fsp3) is 0.429. The molecule has 2 aromatic rings. The van der Waals surface area contributed by atoms with Gasteiger partial charge in [-0.3, -0.25) is 0 Å². The Kier molecular flexibility index (Phi) is 4.45. The molecule has 0 atom stereocenters. The van der Waals surface area contributed by atoms with Crippen LogP contribution in [0.2, 0.25) is 0 Å². The molecule has 0 bridgehead atoms. The molecule has 108 valence electrons. The van der Waals surface area contributed by atoms with Gasteiger partial charge in [0.25, 0.3) is 0 Å². The van der Waals surface area contributed by atoms with Crippen molar-refractivity contribution in [3.05, 3.63) is 30.4 Å². The number of hydrogen-bond acceptors (Lipinski definition) is 5. The summed E-state index contributed by atoms with van der Waals surface area (Å²) in [6.07, 6.45) is 2.62. The zero-order valence-electron chi connectivity index (χ0n) is 12.1. The van der Waals surface area contributed by atoms with Crippen molar-refractivity contribution in [3.63, 3.8) is 0 Å². The van der Waals surface area contributed by atoms with Crippen LogP contribution in [0.4, 0.5) is 11.4 Å². The van der Waals surface area contributed by atoms with Crippen LogP contribution in [0.15, 0.2) is 24.5 Å². The molecule has 2 rings (SSSR count). The highest BCUT2D eigenvalue weighted by Gasteiger charge is 2.04. The maximum atomic E-state index is 5.88. The number of hydrogen-bond donors (Lipinski definition) is 2. The van der Waals surface area contributed by atoms with Crippen molar-refractivity contribution in [1.29, 1.82) is 0 Å². The lowest BCUT2D eigenvalue weighted by molar-refractivity contribution is 0.242. The number of aromatic nitrogens is 3. The Bertz CT molecular complexity index is 564. The van der Waals surface area contributed by atoms with E-state index < -0.39 is 0 Å². The van der Waals surface area contributed by atoms with Gasteiger partial charge in [-0.05, 0) is 19.9 Å². The molecule has 1 heterocycles. The SMILES string of the molecule is CC(C)Oc1cc(N)cc(NCCc2nncn2C)c1. The zero-order chi connectivity index (χ0) is 14.5. The molecule has 1 aromatic carbocycles. The summed E-state index contributed by atoms with van der Waals surface area (Å²) < 4.78 is 7.57. The van der Waals surface area contributed by atoms with Crippen molar-refractivity contribution in [2.24, 2.45) is 7.05 Å². The van der Waals surface area contributed by atoms with Crippen LogP contribution in [0.5, 0.6) is 5.75 Å². The van der Waals surface area contributed by atoms with Crippen molar-refractivity contribution in [2.45, 2.75) is 26.4 Å². The van der Waals surface area contributed by atoms with Crippen molar-refractivity contribution in [1.82, 2.24) is 14.8 Å². The number of ether oxygens (including phenoxy) is 1. The van der Waals surface area contributed by atoms with E-state index in [1.54, 1.807) is 6.33 Å². The van der Waals surface area contributed by atoms with E-state index in [1.807, 2.05) is 43.7 Å². The first-order valence-corrected chi connectivity index (χ1v) is 6.68. The molecular weight excluding hydrogens is 254 g/mol. The topological polar surface area (TPSA) is 78.0 Å². The maximum Gasteiger partial charge on any atom is 0.134 e. The van der Waals surface area contributed by atoms with Gasteiger partial charge in [0.05, 0.1) is 6.10 Å². The minimum atomic E-state index is 0.128. The molecule has 0 aliphatic rings. The van der Waals surface area contributed by atoms with Crippen LogP contribution in [-0.2, 0) is 13.5 Å². The normalized spacial score (nSPS) is 10.8. The number of nitrogens with zero attached hydrogens (tertiary/aromatic N) is 3. The number of nitrogens with two attached hydrogens (primary N) is 1. The van der Waals surface area contributed by atoms with E-state index in [0.29, 0.717) is 5.69 Å². The van der Waals surface area contributed by atoms with Crippen LogP contribution in [0.1, 0.15) is 19.7 Å². The van der Waals surface area contributed by atoms with Gasteiger partial charge in [-0.2, -0.15) is 0 Å². The van der Waals surface area contributed by atoms with Gasteiger partial charge in [0.1, 0.15) is 17.9 Å². The van der Waals surface area contributed by atoms with E-state index in [0.717, 1.165) is 30.2 Å². The van der Waals surface area contributed by atoms with Gasteiger partial charge in [-0.25, -0.2) is 0 Å². The summed E-state index contributed by atoms with van der Waals surface area (Å²) in [5.41, 5.74) is 7.51. The third kappa shape index (κ3) is 3.88. The smallest absolute Gasteiger partial charge is 0.134 e. The number of benzene rings is 1. The van der Waals surface area contributed by atoms with Crippen LogP contribution >= 0.6 is 0 Å². The Hall–Kier alpha value is -2.24.